The molecule has 3 atom stereocenters. The van der Waals surface area contributed by atoms with Crippen LogP contribution < -0.4 is 5.32 Å². The third kappa shape index (κ3) is 3.20. The maximum Gasteiger partial charge on any atom is 0.0931 e. The highest BCUT2D eigenvalue weighted by Crippen LogP contribution is 2.26. The van der Waals surface area contributed by atoms with E-state index in [-0.39, 0.29) is 0 Å². The van der Waals surface area contributed by atoms with Crippen molar-refractivity contribution in [1.82, 2.24) is 5.32 Å². The fourth-order valence-corrected chi connectivity index (χ4v) is 3.13. The van der Waals surface area contributed by atoms with Gasteiger partial charge in [-0.15, -0.1) is 11.3 Å². The second-order valence-electron chi connectivity index (χ2n) is 4.48. The molecule has 1 aliphatic rings. The Balaban J connectivity index is 1.89. The molecule has 2 rings (SSSR count). The Labute approximate surface area is 106 Å². The molecule has 0 spiro atoms. The van der Waals surface area contributed by atoms with Gasteiger partial charge in [-0.1, -0.05) is 11.6 Å². The van der Waals surface area contributed by atoms with E-state index < -0.39 is 0 Å². The Morgan fingerprint density at radius 3 is 3.06 bits per heavy atom. The molecular formula is C12H18ClNOS. The lowest BCUT2D eigenvalue weighted by Crippen LogP contribution is -2.39. The van der Waals surface area contributed by atoms with Gasteiger partial charge in [0.25, 0.3) is 0 Å². The van der Waals surface area contributed by atoms with Crippen LogP contribution >= 0.6 is 22.9 Å². The van der Waals surface area contributed by atoms with Crippen LogP contribution in [0.2, 0.25) is 4.34 Å². The van der Waals surface area contributed by atoms with E-state index in [4.69, 9.17) is 16.3 Å². The van der Waals surface area contributed by atoms with Gasteiger partial charge < -0.3 is 10.1 Å². The zero-order valence-corrected chi connectivity index (χ0v) is 11.3. The molecule has 0 aromatic carbocycles. The molecule has 0 bridgehead atoms. The molecule has 1 aromatic rings. The van der Waals surface area contributed by atoms with Crippen LogP contribution in [-0.4, -0.2) is 18.8 Å². The molecule has 4 heteroatoms. The van der Waals surface area contributed by atoms with Gasteiger partial charge >= 0.3 is 0 Å². The standard InChI is InChI=1S/C12H18ClNOS/c1-8-5-11(3-4-15-8)14-9(2)10-6-12(13)16-7-10/h6-9,11,14H,3-5H2,1-2H3. The zero-order chi connectivity index (χ0) is 11.5. The highest BCUT2D eigenvalue weighted by atomic mass is 35.5. The normalized spacial score (nSPS) is 27.9. The number of nitrogens with one attached hydrogen (secondary N) is 1. The van der Waals surface area contributed by atoms with Crippen LogP contribution in [0.3, 0.4) is 0 Å². The largest absolute Gasteiger partial charge is 0.378 e. The fourth-order valence-electron chi connectivity index (χ4n) is 2.15. The lowest BCUT2D eigenvalue weighted by atomic mass is 10.0. The Kier molecular flexibility index (Phi) is 4.25. The van der Waals surface area contributed by atoms with Crippen molar-refractivity contribution in [3.63, 3.8) is 0 Å². The molecule has 1 N–H and O–H groups in total. The van der Waals surface area contributed by atoms with E-state index in [0.717, 1.165) is 23.8 Å². The van der Waals surface area contributed by atoms with Crippen LogP contribution in [0.25, 0.3) is 0 Å². The number of halogens is 1. The Morgan fingerprint density at radius 2 is 2.44 bits per heavy atom. The van der Waals surface area contributed by atoms with Crippen LogP contribution in [0.15, 0.2) is 11.4 Å². The van der Waals surface area contributed by atoms with Crippen molar-refractivity contribution in [1.29, 1.82) is 0 Å². The summed E-state index contributed by atoms with van der Waals surface area (Å²) < 4.78 is 6.41. The summed E-state index contributed by atoms with van der Waals surface area (Å²) in [6.45, 7) is 5.20. The quantitative estimate of drug-likeness (QED) is 0.895. The van der Waals surface area contributed by atoms with Gasteiger partial charge in [-0.25, -0.2) is 0 Å². The maximum atomic E-state index is 5.94. The number of ether oxygens (including phenoxy) is 1. The molecule has 1 saturated heterocycles. The minimum absolute atomic E-state index is 0.374. The van der Waals surface area contributed by atoms with Gasteiger partial charge in [-0.05, 0) is 43.7 Å². The van der Waals surface area contributed by atoms with Gasteiger partial charge in [0.2, 0.25) is 0 Å². The predicted molar refractivity (Wildman–Crippen MR) is 69.3 cm³/mol. The Bertz CT molecular complexity index is 342. The number of rotatable bonds is 3. The van der Waals surface area contributed by atoms with Crippen LogP contribution in [0.5, 0.6) is 0 Å². The lowest BCUT2D eigenvalue weighted by molar-refractivity contribution is 0.0116. The minimum atomic E-state index is 0.374. The van der Waals surface area contributed by atoms with Crippen molar-refractivity contribution in [2.45, 2.75) is 44.9 Å². The Hall–Kier alpha value is -0.0900. The van der Waals surface area contributed by atoms with E-state index in [9.17, 15) is 0 Å². The van der Waals surface area contributed by atoms with Crippen LogP contribution in [0, 0.1) is 0 Å². The smallest absolute Gasteiger partial charge is 0.0931 e. The average Bonchev–Trinajstić information content (AvgIpc) is 2.65. The second-order valence-corrected chi connectivity index (χ2v) is 6.02. The van der Waals surface area contributed by atoms with Gasteiger partial charge in [-0.2, -0.15) is 0 Å². The van der Waals surface area contributed by atoms with Crippen molar-refractivity contribution >= 4 is 22.9 Å². The summed E-state index contributed by atoms with van der Waals surface area (Å²) in [5.41, 5.74) is 1.29. The summed E-state index contributed by atoms with van der Waals surface area (Å²) in [6.07, 6.45) is 2.58. The topological polar surface area (TPSA) is 21.3 Å². The molecular weight excluding hydrogens is 242 g/mol. The highest BCUT2D eigenvalue weighted by Gasteiger charge is 2.21. The van der Waals surface area contributed by atoms with Gasteiger partial charge in [0, 0.05) is 18.7 Å². The monoisotopic (exact) mass is 259 g/mol. The van der Waals surface area contributed by atoms with Gasteiger partial charge in [-0.3, -0.25) is 0 Å². The zero-order valence-electron chi connectivity index (χ0n) is 9.70. The first kappa shape index (κ1) is 12.4. The molecule has 16 heavy (non-hydrogen) atoms. The van der Waals surface area contributed by atoms with Gasteiger partial charge in [0.15, 0.2) is 0 Å². The molecule has 3 unspecified atom stereocenters. The summed E-state index contributed by atoms with van der Waals surface area (Å²) in [5, 5.41) is 5.77. The van der Waals surface area contributed by atoms with E-state index in [1.807, 2.05) is 6.07 Å². The SMILES string of the molecule is CC1CC(NC(C)c2csc(Cl)c2)CCO1. The van der Waals surface area contributed by atoms with Gasteiger partial charge in [0.1, 0.15) is 0 Å². The fraction of sp³-hybridized carbons (Fsp3) is 0.667. The highest BCUT2D eigenvalue weighted by molar-refractivity contribution is 7.14. The number of hydrogen-bond donors (Lipinski definition) is 1. The summed E-state index contributed by atoms with van der Waals surface area (Å²) in [5.74, 6) is 0. The number of hydrogen-bond acceptors (Lipinski definition) is 3. The molecule has 2 heterocycles. The predicted octanol–water partition coefficient (Wildman–Crippen LogP) is 3.62. The molecule has 2 nitrogen and oxygen atoms in total. The van der Waals surface area contributed by atoms with E-state index in [0.29, 0.717) is 18.2 Å². The van der Waals surface area contributed by atoms with E-state index in [1.54, 1.807) is 11.3 Å². The van der Waals surface area contributed by atoms with E-state index >= 15 is 0 Å². The van der Waals surface area contributed by atoms with Crippen LogP contribution in [0.1, 0.15) is 38.3 Å². The van der Waals surface area contributed by atoms with Crippen molar-refractivity contribution in [2.24, 2.45) is 0 Å². The van der Waals surface area contributed by atoms with E-state index in [1.165, 1.54) is 5.56 Å². The van der Waals surface area contributed by atoms with E-state index in [2.05, 4.69) is 24.5 Å². The summed E-state index contributed by atoms with van der Waals surface area (Å²) in [4.78, 5) is 0. The van der Waals surface area contributed by atoms with Gasteiger partial charge in [0.05, 0.1) is 10.4 Å². The number of thiophene rings is 1. The first-order valence-electron chi connectivity index (χ1n) is 5.76. The summed E-state index contributed by atoms with van der Waals surface area (Å²) in [6, 6.07) is 2.99. The molecule has 0 radical (unpaired) electrons. The molecule has 1 fully saturated rings. The third-order valence-electron chi connectivity index (χ3n) is 3.06. The van der Waals surface area contributed by atoms with Crippen LogP contribution in [0.4, 0.5) is 0 Å². The molecule has 90 valence electrons. The molecule has 1 aliphatic heterocycles. The van der Waals surface area contributed by atoms with Crippen LogP contribution in [-0.2, 0) is 4.74 Å². The third-order valence-corrected chi connectivity index (χ3v) is 4.17. The Morgan fingerprint density at radius 1 is 1.62 bits per heavy atom. The second kappa shape index (κ2) is 5.50. The minimum Gasteiger partial charge on any atom is -0.378 e. The summed E-state index contributed by atoms with van der Waals surface area (Å²) >= 11 is 7.54. The molecule has 0 amide bonds. The van der Waals surface area contributed by atoms with Crippen molar-refractivity contribution in [2.75, 3.05) is 6.61 Å². The average molecular weight is 260 g/mol. The van der Waals surface area contributed by atoms with Crippen molar-refractivity contribution < 1.29 is 4.74 Å². The molecule has 0 aliphatic carbocycles. The molecule has 0 saturated carbocycles. The van der Waals surface area contributed by atoms with Crippen molar-refractivity contribution in [3.8, 4) is 0 Å². The first-order chi connectivity index (χ1) is 7.65. The van der Waals surface area contributed by atoms with Crippen molar-refractivity contribution in [3.05, 3.63) is 21.3 Å². The first-order valence-corrected chi connectivity index (χ1v) is 7.02. The lowest BCUT2D eigenvalue weighted by Gasteiger charge is -2.30. The molecule has 1 aromatic heterocycles. The summed E-state index contributed by atoms with van der Waals surface area (Å²) in [7, 11) is 0. The maximum absolute atomic E-state index is 5.94.